The number of rotatable bonds is 10. The number of nitrogens with two attached hydrogens (primary N) is 1. The zero-order chi connectivity index (χ0) is 25.3. The van der Waals surface area contributed by atoms with Crippen molar-refractivity contribution in [3.8, 4) is 0 Å². The Morgan fingerprint density at radius 2 is 2.21 bits per heavy atom. The molecule has 188 valence electrons. The SMILES string of the molecule is CC(C)(C=O)C(=O)SCCO[PH](=O)OC[C@H]1O[C@@H](n2cnc3c(=O)[nH]c(N)nc32)[C@](C)(O)C1O. The van der Waals surface area contributed by atoms with Crippen LogP contribution in [-0.2, 0) is 27.9 Å². The summed E-state index contributed by atoms with van der Waals surface area (Å²) < 4.78 is 29.2. The molecule has 3 heterocycles. The fourth-order valence-electron chi connectivity index (χ4n) is 3.18. The van der Waals surface area contributed by atoms with Crippen molar-refractivity contribution < 1.29 is 38.2 Å². The monoisotopic (exact) mass is 519 g/mol. The number of nitrogens with zero attached hydrogens (tertiary/aromatic N) is 3. The lowest BCUT2D eigenvalue weighted by molar-refractivity contribution is -0.126. The number of imidazole rings is 1. The molecular formula is C18H26N5O9PS. The largest absolute Gasteiger partial charge is 0.387 e. The van der Waals surface area contributed by atoms with Gasteiger partial charge >= 0.3 is 8.25 Å². The molecule has 0 aromatic carbocycles. The molecule has 0 bridgehead atoms. The number of hydrogen-bond donors (Lipinski definition) is 4. The smallest absolute Gasteiger partial charge is 0.319 e. The van der Waals surface area contributed by atoms with Gasteiger partial charge in [-0.2, -0.15) is 4.98 Å². The second kappa shape index (κ2) is 10.2. The summed E-state index contributed by atoms with van der Waals surface area (Å²) in [5, 5.41) is 21.1. The number of H-pyrrole nitrogens is 1. The van der Waals surface area contributed by atoms with Crippen molar-refractivity contribution in [2.75, 3.05) is 24.7 Å². The Labute approximate surface area is 198 Å². The number of nitrogen functional groups attached to an aromatic ring is 1. The van der Waals surface area contributed by atoms with Gasteiger partial charge in [0.1, 0.15) is 24.1 Å². The summed E-state index contributed by atoms with van der Waals surface area (Å²) in [6, 6.07) is 0. The number of aliphatic hydroxyl groups is 2. The summed E-state index contributed by atoms with van der Waals surface area (Å²) in [5.74, 6) is 0.000645. The molecule has 1 fully saturated rings. The normalized spacial score (nSPS) is 26.1. The van der Waals surface area contributed by atoms with Gasteiger partial charge in [0.25, 0.3) is 5.56 Å². The molecule has 34 heavy (non-hydrogen) atoms. The van der Waals surface area contributed by atoms with Crippen LogP contribution < -0.4 is 11.3 Å². The second-order valence-electron chi connectivity index (χ2n) is 8.36. The van der Waals surface area contributed by atoms with Crippen LogP contribution in [0.15, 0.2) is 11.1 Å². The third-order valence-corrected chi connectivity index (χ3v) is 7.18. The molecule has 2 aromatic rings. The lowest BCUT2D eigenvalue weighted by atomic mass is 9.96. The molecule has 0 spiro atoms. The van der Waals surface area contributed by atoms with Crippen LogP contribution in [0.4, 0.5) is 5.95 Å². The van der Waals surface area contributed by atoms with Gasteiger partial charge in [-0.15, -0.1) is 0 Å². The second-order valence-corrected chi connectivity index (χ2v) is 10.5. The molecule has 3 rings (SSSR count). The minimum atomic E-state index is -3.00. The molecule has 2 aromatic heterocycles. The fraction of sp³-hybridized carbons (Fsp3) is 0.611. The van der Waals surface area contributed by atoms with Gasteiger partial charge in [-0.3, -0.25) is 23.7 Å². The Hall–Kier alpha value is -2.13. The number of aromatic amines is 1. The first-order valence-corrected chi connectivity index (χ1v) is 12.3. The average molecular weight is 519 g/mol. The molecule has 14 nitrogen and oxygen atoms in total. The Balaban J connectivity index is 1.57. The third kappa shape index (κ3) is 5.40. The highest BCUT2D eigenvalue weighted by Gasteiger charge is 2.53. The first-order chi connectivity index (χ1) is 15.9. The molecule has 2 unspecified atom stereocenters. The van der Waals surface area contributed by atoms with Crippen molar-refractivity contribution in [2.24, 2.45) is 5.41 Å². The number of thioether (sulfide) groups is 1. The van der Waals surface area contributed by atoms with E-state index in [1.165, 1.54) is 31.7 Å². The molecule has 0 amide bonds. The Morgan fingerprint density at radius 1 is 1.50 bits per heavy atom. The van der Waals surface area contributed by atoms with E-state index in [4.69, 9.17) is 19.5 Å². The number of aromatic nitrogens is 4. The summed E-state index contributed by atoms with van der Waals surface area (Å²) >= 11 is 0.876. The Morgan fingerprint density at radius 3 is 2.88 bits per heavy atom. The molecular weight excluding hydrogens is 493 g/mol. The maximum absolute atomic E-state index is 12.0. The van der Waals surface area contributed by atoms with Gasteiger partial charge in [-0.1, -0.05) is 11.8 Å². The highest BCUT2D eigenvalue weighted by molar-refractivity contribution is 8.13. The van der Waals surface area contributed by atoms with Crippen LogP contribution in [0, 0.1) is 5.41 Å². The molecule has 0 aliphatic carbocycles. The van der Waals surface area contributed by atoms with E-state index in [1.54, 1.807) is 0 Å². The van der Waals surface area contributed by atoms with Gasteiger partial charge < -0.3 is 34.5 Å². The van der Waals surface area contributed by atoms with E-state index in [1.807, 2.05) is 0 Å². The molecule has 5 N–H and O–H groups in total. The predicted octanol–water partition coefficient (Wildman–Crippen LogP) is -0.381. The summed E-state index contributed by atoms with van der Waals surface area (Å²) in [4.78, 5) is 45.0. The highest BCUT2D eigenvalue weighted by atomic mass is 32.2. The Bertz CT molecular complexity index is 1150. The van der Waals surface area contributed by atoms with Crippen molar-refractivity contribution >= 4 is 48.5 Å². The number of hydrogen-bond acceptors (Lipinski definition) is 13. The predicted molar refractivity (Wildman–Crippen MR) is 121 cm³/mol. The third-order valence-electron chi connectivity index (χ3n) is 5.18. The van der Waals surface area contributed by atoms with Gasteiger partial charge in [0.15, 0.2) is 17.4 Å². The lowest BCUT2D eigenvalue weighted by Crippen LogP contribution is -2.44. The quantitative estimate of drug-likeness (QED) is 0.137. The van der Waals surface area contributed by atoms with Crippen LogP contribution in [0.3, 0.4) is 0 Å². The summed E-state index contributed by atoms with van der Waals surface area (Å²) in [7, 11) is -3.00. The number of nitrogens with one attached hydrogen (secondary N) is 1. The van der Waals surface area contributed by atoms with Crippen LogP contribution >= 0.6 is 20.0 Å². The minimum absolute atomic E-state index is 0.0332. The van der Waals surface area contributed by atoms with Crippen molar-refractivity contribution in [3.05, 3.63) is 16.7 Å². The number of carbonyl (C=O) groups is 2. The number of aldehydes is 1. The molecule has 1 aliphatic heterocycles. The van der Waals surface area contributed by atoms with E-state index in [0.717, 1.165) is 11.8 Å². The van der Waals surface area contributed by atoms with Crippen molar-refractivity contribution in [1.82, 2.24) is 19.5 Å². The molecule has 0 saturated carbocycles. The van der Waals surface area contributed by atoms with E-state index in [-0.39, 0.29) is 41.2 Å². The van der Waals surface area contributed by atoms with E-state index < -0.39 is 43.3 Å². The zero-order valence-corrected chi connectivity index (χ0v) is 20.4. The number of aliphatic hydroxyl groups excluding tert-OH is 1. The van der Waals surface area contributed by atoms with E-state index in [2.05, 4.69) is 15.0 Å². The van der Waals surface area contributed by atoms with Crippen LogP contribution in [0.25, 0.3) is 11.2 Å². The van der Waals surface area contributed by atoms with Crippen LogP contribution in [0.2, 0.25) is 0 Å². The molecule has 5 atom stereocenters. The molecule has 1 aliphatic rings. The molecule has 16 heteroatoms. The molecule has 1 saturated heterocycles. The molecule has 0 radical (unpaired) electrons. The van der Waals surface area contributed by atoms with Gasteiger partial charge in [0.2, 0.25) is 11.1 Å². The number of fused-ring (bicyclic) bond motifs is 1. The summed E-state index contributed by atoms with van der Waals surface area (Å²) in [6.45, 7) is 3.86. The van der Waals surface area contributed by atoms with E-state index in [0.29, 0.717) is 6.29 Å². The van der Waals surface area contributed by atoms with Gasteiger partial charge in [0, 0.05) is 5.75 Å². The van der Waals surface area contributed by atoms with Crippen molar-refractivity contribution in [2.45, 2.75) is 44.8 Å². The van der Waals surface area contributed by atoms with Crippen LogP contribution in [0.1, 0.15) is 27.0 Å². The lowest BCUT2D eigenvalue weighted by Gasteiger charge is -2.27. The number of carbonyl (C=O) groups excluding carboxylic acids is 2. The van der Waals surface area contributed by atoms with E-state index >= 15 is 0 Å². The fourth-order valence-corrected chi connectivity index (χ4v) is 4.75. The Kier molecular flexibility index (Phi) is 7.97. The number of ether oxygens (including phenoxy) is 1. The van der Waals surface area contributed by atoms with Crippen LogP contribution in [-0.4, -0.2) is 77.9 Å². The van der Waals surface area contributed by atoms with Crippen molar-refractivity contribution in [3.63, 3.8) is 0 Å². The van der Waals surface area contributed by atoms with Crippen LogP contribution in [0.5, 0.6) is 0 Å². The topological polar surface area (TPSA) is 209 Å². The standard InChI is InChI=1S/C18H26N5O9PS/c1-17(2,7-24)15(27)34-5-4-30-33(29)31-6-9-11(25)18(3,28)14(32-9)23-8-20-10-12(23)21-16(19)22-13(10)26/h7-9,11,14,25,28,33H,4-6H2,1-3H3,(H3,19,21,22,26)/t9-,11?,14-,18-/m1/s1. The van der Waals surface area contributed by atoms with Gasteiger partial charge in [-0.25, -0.2) is 4.98 Å². The maximum atomic E-state index is 12.0. The first-order valence-electron chi connectivity index (χ1n) is 10.1. The van der Waals surface area contributed by atoms with Gasteiger partial charge in [0.05, 0.1) is 25.0 Å². The minimum Gasteiger partial charge on any atom is -0.387 e. The average Bonchev–Trinajstić information content (AvgIpc) is 3.28. The van der Waals surface area contributed by atoms with E-state index in [9.17, 15) is 29.2 Å². The number of anilines is 1. The zero-order valence-electron chi connectivity index (χ0n) is 18.6. The van der Waals surface area contributed by atoms with Crippen molar-refractivity contribution in [1.29, 1.82) is 0 Å². The van der Waals surface area contributed by atoms with Gasteiger partial charge in [-0.05, 0) is 20.8 Å². The maximum Gasteiger partial charge on any atom is 0.319 e. The summed E-state index contributed by atoms with van der Waals surface area (Å²) in [5.41, 5.74) is 2.05. The summed E-state index contributed by atoms with van der Waals surface area (Å²) in [6.07, 6.45) is -1.99. The first kappa shape index (κ1) is 26.5. The highest BCUT2D eigenvalue weighted by Crippen LogP contribution is 2.40.